The lowest BCUT2D eigenvalue weighted by Gasteiger charge is -2.35. The molecule has 1 amide bonds. The van der Waals surface area contributed by atoms with Crippen LogP contribution in [0.4, 0.5) is 0 Å². The van der Waals surface area contributed by atoms with Crippen molar-refractivity contribution in [1.29, 1.82) is 0 Å². The zero-order valence-electron chi connectivity index (χ0n) is 13.6. The van der Waals surface area contributed by atoms with Gasteiger partial charge in [-0.25, -0.2) is 4.98 Å². The fraction of sp³-hybridized carbons (Fsp3) is 0.412. The van der Waals surface area contributed by atoms with Gasteiger partial charge in [-0.3, -0.25) is 4.79 Å². The molecule has 0 spiro atoms. The summed E-state index contributed by atoms with van der Waals surface area (Å²) < 4.78 is 8.61. The van der Waals surface area contributed by atoms with Crippen molar-refractivity contribution in [3.63, 3.8) is 0 Å². The van der Waals surface area contributed by atoms with Crippen molar-refractivity contribution in [3.8, 4) is 5.75 Å². The maximum absolute atomic E-state index is 12.6. The molecule has 2 heterocycles. The minimum Gasteiger partial charge on any atom is -0.493 e. The van der Waals surface area contributed by atoms with Crippen molar-refractivity contribution in [2.24, 2.45) is 7.05 Å². The van der Waals surface area contributed by atoms with E-state index in [2.05, 4.69) is 26.2 Å². The number of aromatic nitrogens is 2. The van der Waals surface area contributed by atoms with E-state index >= 15 is 0 Å². The standard InChI is InChI=1S/C17H21BrN4O2/c1-21-8-7-20-17(21)15-12-19-6-9-22(15)16(23)5-10-24-14-4-2-3-13(18)11-14/h2-4,7-8,11,15,19H,5-6,9-10,12H2,1H3. The average Bonchev–Trinajstić information content (AvgIpc) is 3.01. The smallest absolute Gasteiger partial charge is 0.226 e. The van der Waals surface area contributed by atoms with Crippen molar-refractivity contribution in [2.45, 2.75) is 12.5 Å². The molecule has 6 nitrogen and oxygen atoms in total. The number of piperazine rings is 1. The molecule has 1 aromatic carbocycles. The largest absolute Gasteiger partial charge is 0.493 e. The van der Waals surface area contributed by atoms with E-state index in [9.17, 15) is 4.79 Å². The zero-order chi connectivity index (χ0) is 16.9. The molecule has 0 radical (unpaired) electrons. The van der Waals surface area contributed by atoms with Gasteiger partial charge in [-0.15, -0.1) is 0 Å². The first-order valence-corrected chi connectivity index (χ1v) is 8.80. The number of imidazole rings is 1. The van der Waals surface area contributed by atoms with Gasteiger partial charge in [-0.2, -0.15) is 0 Å². The molecule has 2 aromatic rings. The number of benzene rings is 1. The van der Waals surface area contributed by atoms with Gasteiger partial charge in [0, 0.05) is 43.5 Å². The summed E-state index contributed by atoms with van der Waals surface area (Å²) in [5.41, 5.74) is 0. The number of halogens is 1. The summed E-state index contributed by atoms with van der Waals surface area (Å²) in [6.07, 6.45) is 4.03. The topological polar surface area (TPSA) is 59.4 Å². The first-order valence-electron chi connectivity index (χ1n) is 8.01. The van der Waals surface area contributed by atoms with Crippen molar-refractivity contribution in [1.82, 2.24) is 19.8 Å². The van der Waals surface area contributed by atoms with Crippen molar-refractivity contribution in [3.05, 3.63) is 47.0 Å². The monoisotopic (exact) mass is 392 g/mol. The Hall–Kier alpha value is -1.86. The molecule has 1 fully saturated rings. The number of ether oxygens (including phenoxy) is 1. The normalized spacial score (nSPS) is 17.8. The third kappa shape index (κ3) is 3.96. The lowest BCUT2D eigenvalue weighted by atomic mass is 10.1. The molecule has 0 saturated carbocycles. The highest BCUT2D eigenvalue weighted by Crippen LogP contribution is 2.22. The second-order valence-electron chi connectivity index (χ2n) is 5.76. The highest BCUT2D eigenvalue weighted by atomic mass is 79.9. The van der Waals surface area contributed by atoms with Crippen molar-refractivity contribution >= 4 is 21.8 Å². The van der Waals surface area contributed by atoms with Crippen LogP contribution in [0.5, 0.6) is 5.75 Å². The van der Waals surface area contributed by atoms with Crippen LogP contribution in [-0.2, 0) is 11.8 Å². The Kier molecular flexibility index (Phi) is 5.52. The van der Waals surface area contributed by atoms with E-state index in [1.54, 1.807) is 6.20 Å². The number of hydrogen-bond acceptors (Lipinski definition) is 4. The second-order valence-corrected chi connectivity index (χ2v) is 6.67. The second kappa shape index (κ2) is 7.81. The predicted octanol–water partition coefficient (Wildman–Crippen LogP) is 2.12. The van der Waals surface area contributed by atoms with Crippen LogP contribution in [0.1, 0.15) is 18.3 Å². The van der Waals surface area contributed by atoms with E-state index < -0.39 is 0 Å². The van der Waals surface area contributed by atoms with Gasteiger partial charge in [0.05, 0.1) is 13.0 Å². The highest BCUT2D eigenvalue weighted by molar-refractivity contribution is 9.10. The summed E-state index contributed by atoms with van der Waals surface area (Å²) in [5.74, 6) is 1.76. The zero-order valence-corrected chi connectivity index (χ0v) is 15.2. The van der Waals surface area contributed by atoms with Crippen LogP contribution in [0.25, 0.3) is 0 Å². The third-order valence-corrected chi connectivity index (χ3v) is 4.59. The van der Waals surface area contributed by atoms with E-state index in [4.69, 9.17) is 4.74 Å². The molecular weight excluding hydrogens is 372 g/mol. The molecule has 3 rings (SSSR count). The molecule has 1 aliphatic heterocycles. The van der Waals surface area contributed by atoms with Crippen LogP contribution >= 0.6 is 15.9 Å². The Morgan fingerprint density at radius 3 is 3.12 bits per heavy atom. The van der Waals surface area contributed by atoms with Crippen LogP contribution in [0, 0.1) is 0 Å². The third-order valence-electron chi connectivity index (χ3n) is 4.10. The van der Waals surface area contributed by atoms with Gasteiger partial charge in [0.2, 0.25) is 5.91 Å². The Morgan fingerprint density at radius 1 is 1.50 bits per heavy atom. The van der Waals surface area contributed by atoms with Gasteiger partial charge >= 0.3 is 0 Å². The number of amides is 1. The maximum atomic E-state index is 12.6. The van der Waals surface area contributed by atoms with E-state index in [0.29, 0.717) is 19.6 Å². The molecule has 1 aliphatic rings. The Balaban J connectivity index is 1.59. The molecule has 0 bridgehead atoms. The Morgan fingerprint density at radius 2 is 2.38 bits per heavy atom. The van der Waals surface area contributed by atoms with E-state index in [-0.39, 0.29) is 11.9 Å². The summed E-state index contributed by atoms with van der Waals surface area (Å²) in [7, 11) is 1.95. The molecule has 24 heavy (non-hydrogen) atoms. The van der Waals surface area contributed by atoms with Crippen LogP contribution in [0.15, 0.2) is 41.1 Å². The minimum atomic E-state index is -0.0304. The summed E-state index contributed by atoms with van der Waals surface area (Å²) in [5, 5.41) is 3.34. The maximum Gasteiger partial charge on any atom is 0.226 e. The number of carbonyl (C=O) groups excluding carboxylic acids is 1. The quantitative estimate of drug-likeness (QED) is 0.846. The van der Waals surface area contributed by atoms with Crippen LogP contribution in [0.3, 0.4) is 0 Å². The Labute approximate surface area is 149 Å². The number of hydrogen-bond donors (Lipinski definition) is 1. The van der Waals surface area contributed by atoms with E-state index in [1.165, 1.54) is 0 Å². The van der Waals surface area contributed by atoms with E-state index in [1.807, 2.05) is 47.0 Å². The minimum absolute atomic E-state index is 0.0304. The summed E-state index contributed by atoms with van der Waals surface area (Å²) in [6.45, 7) is 2.59. The van der Waals surface area contributed by atoms with Gasteiger partial charge in [-0.05, 0) is 18.2 Å². The van der Waals surface area contributed by atoms with Crippen LogP contribution < -0.4 is 10.1 Å². The number of nitrogens with zero attached hydrogens (tertiary/aromatic N) is 3. The van der Waals surface area contributed by atoms with Crippen LogP contribution in [-0.4, -0.2) is 46.6 Å². The number of aryl methyl sites for hydroxylation is 1. The van der Waals surface area contributed by atoms with Gasteiger partial charge < -0.3 is 19.5 Å². The molecule has 0 aliphatic carbocycles. The SMILES string of the molecule is Cn1ccnc1C1CNCCN1C(=O)CCOc1cccc(Br)c1. The lowest BCUT2D eigenvalue weighted by Crippen LogP contribution is -2.49. The molecular formula is C17H21BrN4O2. The van der Waals surface area contributed by atoms with Gasteiger partial charge in [0.15, 0.2) is 0 Å². The average molecular weight is 393 g/mol. The van der Waals surface area contributed by atoms with Crippen molar-refractivity contribution in [2.75, 3.05) is 26.2 Å². The van der Waals surface area contributed by atoms with Gasteiger partial charge in [0.1, 0.15) is 17.6 Å². The summed E-state index contributed by atoms with van der Waals surface area (Å²) in [6, 6.07) is 7.60. The molecule has 1 saturated heterocycles. The lowest BCUT2D eigenvalue weighted by molar-refractivity contribution is -0.135. The fourth-order valence-electron chi connectivity index (χ4n) is 2.89. The molecule has 128 valence electrons. The van der Waals surface area contributed by atoms with E-state index in [0.717, 1.165) is 29.1 Å². The first-order chi connectivity index (χ1) is 11.6. The van der Waals surface area contributed by atoms with Crippen molar-refractivity contribution < 1.29 is 9.53 Å². The Bertz CT molecular complexity index is 703. The number of nitrogens with one attached hydrogen (secondary N) is 1. The summed E-state index contributed by atoms with van der Waals surface area (Å²) >= 11 is 3.41. The fourth-order valence-corrected chi connectivity index (χ4v) is 3.27. The molecule has 1 N–H and O–H groups in total. The number of rotatable bonds is 5. The molecule has 1 atom stereocenters. The molecule has 1 unspecified atom stereocenters. The summed E-state index contributed by atoms with van der Waals surface area (Å²) in [4.78, 5) is 19.0. The molecule has 1 aromatic heterocycles. The number of carbonyl (C=O) groups is 1. The van der Waals surface area contributed by atoms with Gasteiger partial charge in [-0.1, -0.05) is 22.0 Å². The predicted molar refractivity (Wildman–Crippen MR) is 94.8 cm³/mol. The molecule has 7 heteroatoms. The van der Waals surface area contributed by atoms with Gasteiger partial charge in [0.25, 0.3) is 0 Å². The first kappa shape index (κ1) is 17.0. The van der Waals surface area contributed by atoms with Crippen LogP contribution in [0.2, 0.25) is 0 Å². The highest BCUT2D eigenvalue weighted by Gasteiger charge is 2.30.